The molecule has 0 aromatic heterocycles. The lowest BCUT2D eigenvalue weighted by Crippen LogP contribution is -2.30. The third kappa shape index (κ3) is 79.9. The monoisotopic (exact) mass is 1540 g/mol. The quantitative estimate of drug-likeness (QED) is 0.0222. The van der Waals surface area contributed by atoms with Crippen LogP contribution in [-0.4, -0.2) is 96.7 Å². The molecule has 0 saturated heterocycles. The lowest BCUT2D eigenvalue weighted by atomic mass is 10.0. The van der Waals surface area contributed by atoms with Crippen molar-refractivity contribution < 1.29 is 80.2 Å². The average molecular weight is 1540 g/mol. The molecule has 17 nitrogen and oxygen atoms in total. The number of rotatable bonds is 84. The van der Waals surface area contributed by atoms with Crippen molar-refractivity contribution in [1.29, 1.82) is 0 Å². The van der Waals surface area contributed by atoms with Crippen LogP contribution in [0.15, 0.2) is 0 Å². The summed E-state index contributed by atoms with van der Waals surface area (Å²) in [6, 6.07) is 0. The molecule has 0 rings (SSSR count). The van der Waals surface area contributed by atoms with Crippen molar-refractivity contribution in [2.45, 2.75) is 471 Å². The van der Waals surface area contributed by atoms with Crippen LogP contribution in [-0.2, 0) is 65.4 Å². The van der Waals surface area contributed by atoms with E-state index in [0.29, 0.717) is 31.6 Å². The molecule has 0 aliphatic rings. The Kier molecular flexibility index (Phi) is 74.7. The molecule has 3 N–H and O–H groups in total. The van der Waals surface area contributed by atoms with Gasteiger partial charge in [0.05, 0.1) is 26.4 Å². The Morgan fingerprint density at radius 3 is 0.648 bits per heavy atom. The number of hydrogen-bond acceptors (Lipinski definition) is 15. The number of aliphatic hydroxyl groups excluding tert-OH is 1. The first-order valence-corrected chi connectivity index (χ1v) is 47.3. The number of unbranched alkanes of at least 4 members (excludes halogenated alkanes) is 52. The fourth-order valence-electron chi connectivity index (χ4n) is 13.4. The van der Waals surface area contributed by atoms with Gasteiger partial charge in [0.1, 0.15) is 19.3 Å². The molecule has 0 radical (unpaired) electrons. The van der Waals surface area contributed by atoms with Gasteiger partial charge >= 0.3 is 39.5 Å². The van der Waals surface area contributed by atoms with E-state index in [2.05, 4.69) is 48.5 Å². The number of esters is 4. The minimum Gasteiger partial charge on any atom is -0.462 e. The summed E-state index contributed by atoms with van der Waals surface area (Å²) in [5.74, 6) is 0.192. The maximum Gasteiger partial charge on any atom is 0.472 e. The summed E-state index contributed by atoms with van der Waals surface area (Å²) in [5, 5.41) is 10.7. The molecule has 2 unspecified atom stereocenters. The lowest BCUT2D eigenvalue weighted by Gasteiger charge is -2.21. The van der Waals surface area contributed by atoms with Gasteiger partial charge in [0.15, 0.2) is 12.2 Å². The number of phosphoric acid groups is 2. The van der Waals surface area contributed by atoms with Crippen LogP contribution >= 0.6 is 15.6 Å². The molecule has 0 heterocycles. The molecule has 0 saturated carbocycles. The van der Waals surface area contributed by atoms with Gasteiger partial charge < -0.3 is 33.8 Å². The first-order valence-electron chi connectivity index (χ1n) is 44.3. The Morgan fingerprint density at radius 2 is 0.438 bits per heavy atom. The first kappa shape index (κ1) is 103. The number of ether oxygens (including phenoxy) is 4. The Morgan fingerprint density at radius 1 is 0.257 bits per heavy atom. The van der Waals surface area contributed by atoms with Gasteiger partial charge in [-0.1, -0.05) is 402 Å². The van der Waals surface area contributed by atoms with Crippen LogP contribution in [0.1, 0.15) is 453 Å². The van der Waals surface area contributed by atoms with Crippen molar-refractivity contribution in [3.05, 3.63) is 0 Å². The van der Waals surface area contributed by atoms with E-state index in [9.17, 15) is 43.2 Å². The molecule has 0 spiro atoms. The molecule has 0 aromatic rings. The van der Waals surface area contributed by atoms with Crippen LogP contribution in [0.4, 0.5) is 0 Å². The maximum atomic E-state index is 13.1. The second-order valence-electron chi connectivity index (χ2n) is 32.4. The van der Waals surface area contributed by atoms with E-state index >= 15 is 0 Å². The molecule has 0 bridgehead atoms. The Labute approximate surface area is 645 Å². The van der Waals surface area contributed by atoms with Crippen LogP contribution in [0.3, 0.4) is 0 Å². The fourth-order valence-corrected chi connectivity index (χ4v) is 14.9. The highest BCUT2D eigenvalue weighted by Crippen LogP contribution is 2.45. The molecule has 0 amide bonds. The van der Waals surface area contributed by atoms with Gasteiger partial charge in [-0.05, 0) is 43.4 Å². The molecule has 0 fully saturated rings. The molecule has 19 heteroatoms. The van der Waals surface area contributed by atoms with E-state index in [0.717, 1.165) is 108 Å². The highest BCUT2D eigenvalue weighted by Gasteiger charge is 2.30. The van der Waals surface area contributed by atoms with Gasteiger partial charge in [0.2, 0.25) is 0 Å². The molecule has 624 valence electrons. The Hall–Kier alpha value is -1.94. The predicted octanol–water partition coefficient (Wildman–Crippen LogP) is 26.1. The normalized spacial score (nSPS) is 13.9. The third-order valence-electron chi connectivity index (χ3n) is 20.1. The van der Waals surface area contributed by atoms with Gasteiger partial charge in [0, 0.05) is 25.7 Å². The molecule has 5 atom stereocenters. The van der Waals surface area contributed by atoms with E-state index in [1.807, 2.05) is 0 Å². The van der Waals surface area contributed by atoms with Crippen LogP contribution in [0.25, 0.3) is 0 Å². The number of aliphatic hydroxyl groups is 1. The highest BCUT2D eigenvalue weighted by atomic mass is 31.2. The van der Waals surface area contributed by atoms with E-state index in [4.69, 9.17) is 37.0 Å². The minimum atomic E-state index is -4.97. The summed E-state index contributed by atoms with van der Waals surface area (Å²) in [6.45, 7) is 12.0. The summed E-state index contributed by atoms with van der Waals surface area (Å²) in [6.07, 6.45) is 66.8. The number of hydrogen-bond donors (Lipinski definition) is 3. The molecule has 105 heavy (non-hydrogen) atoms. The summed E-state index contributed by atoms with van der Waals surface area (Å²) >= 11 is 0. The topological polar surface area (TPSA) is 237 Å². The zero-order valence-electron chi connectivity index (χ0n) is 69.2. The largest absolute Gasteiger partial charge is 0.472 e. The van der Waals surface area contributed by atoms with Gasteiger partial charge in [-0.3, -0.25) is 37.3 Å². The predicted molar refractivity (Wildman–Crippen MR) is 432 cm³/mol. The third-order valence-corrected chi connectivity index (χ3v) is 22.0. The standard InChI is InChI=1S/C86H168O17P2/c1-8-9-10-11-12-13-14-15-16-17-18-19-20-21-24-30-35-40-47-55-62-69-85(90)102-81(73-96-83(88)67-60-53-46-39-34-29-25-22-23-27-32-37-43-50-57-64-77(2)3)75-100-104(92,93)98-71-80(87)72-99-105(94,95)101-76-82(74-97-84(89)68-61-54-49-42-45-52-59-66-79(6)7)103-86(91)70-63-56-48-41-36-31-26-28-33-38-44-51-58-65-78(4)5/h77-82,87H,8-76H2,1-7H3,(H,92,93)(H,94,95)/t80-,81-,82-/m1/s1. The van der Waals surface area contributed by atoms with E-state index in [-0.39, 0.29) is 25.7 Å². The van der Waals surface area contributed by atoms with Crippen molar-refractivity contribution in [3.63, 3.8) is 0 Å². The van der Waals surface area contributed by atoms with Crippen LogP contribution < -0.4 is 0 Å². The van der Waals surface area contributed by atoms with Gasteiger partial charge in [-0.2, -0.15) is 0 Å². The smallest absolute Gasteiger partial charge is 0.462 e. The van der Waals surface area contributed by atoms with Gasteiger partial charge in [-0.25, -0.2) is 9.13 Å². The summed E-state index contributed by atoms with van der Waals surface area (Å²) in [5.41, 5.74) is 0. The lowest BCUT2D eigenvalue weighted by molar-refractivity contribution is -0.161. The SMILES string of the molecule is CCCCCCCCCCCCCCCCCCCCCCCC(=O)O[C@H](COC(=O)CCCCCCCCCCCCCCCCCC(C)C)COP(=O)(O)OC[C@@H](O)COP(=O)(O)OC[C@@H](COC(=O)CCCCCCCCCC(C)C)OC(=O)CCCCCCCCCCCCCCCC(C)C. The fraction of sp³-hybridized carbons (Fsp3) is 0.953. The minimum absolute atomic E-state index is 0.107. The van der Waals surface area contributed by atoms with Crippen molar-refractivity contribution in [2.75, 3.05) is 39.6 Å². The van der Waals surface area contributed by atoms with E-state index < -0.39 is 97.5 Å². The van der Waals surface area contributed by atoms with Crippen molar-refractivity contribution >= 4 is 39.5 Å². The number of carbonyl (C=O) groups is 4. The van der Waals surface area contributed by atoms with Crippen molar-refractivity contribution in [1.82, 2.24) is 0 Å². The second kappa shape index (κ2) is 76.1. The molecular weight excluding hydrogens is 1370 g/mol. The van der Waals surface area contributed by atoms with E-state index in [1.165, 1.54) is 257 Å². The Balaban J connectivity index is 5.23. The summed E-state index contributed by atoms with van der Waals surface area (Å²) < 4.78 is 68.9. The van der Waals surface area contributed by atoms with Crippen molar-refractivity contribution in [2.24, 2.45) is 17.8 Å². The number of carbonyl (C=O) groups excluding carboxylic acids is 4. The van der Waals surface area contributed by atoms with Gasteiger partial charge in [-0.15, -0.1) is 0 Å². The molecule has 0 aromatic carbocycles. The summed E-state index contributed by atoms with van der Waals surface area (Å²) in [4.78, 5) is 73.2. The van der Waals surface area contributed by atoms with Crippen LogP contribution in [0.5, 0.6) is 0 Å². The maximum absolute atomic E-state index is 13.1. The first-order chi connectivity index (χ1) is 50.7. The second-order valence-corrected chi connectivity index (χ2v) is 35.3. The molecule has 0 aliphatic carbocycles. The van der Waals surface area contributed by atoms with Crippen molar-refractivity contribution in [3.8, 4) is 0 Å². The van der Waals surface area contributed by atoms with Crippen LogP contribution in [0, 0.1) is 17.8 Å². The Bertz CT molecular complexity index is 2030. The highest BCUT2D eigenvalue weighted by molar-refractivity contribution is 7.47. The summed E-state index contributed by atoms with van der Waals surface area (Å²) in [7, 11) is -9.93. The van der Waals surface area contributed by atoms with Gasteiger partial charge in [0.25, 0.3) is 0 Å². The molecular formula is C86H168O17P2. The van der Waals surface area contributed by atoms with Crippen LogP contribution in [0.2, 0.25) is 0 Å². The number of phosphoric ester groups is 2. The average Bonchev–Trinajstić information content (AvgIpc) is 0.906. The van der Waals surface area contributed by atoms with E-state index in [1.54, 1.807) is 0 Å². The zero-order valence-corrected chi connectivity index (χ0v) is 71.0. The zero-order chi connectivity index (χ0) is 77.2. The molecule has 0 aliphatic heterocycles.